The topological polar surface area (TPSA) is 43.0 Å². The van der Waals surface area contributed by atoms with Crippen molar-refractivity contribution in [1.82, 2.24) is 4.90 Å². The Labute approximate surface area is 217 Å². The van der Waals surface area contributed by atoms with Gasteiger partial charge in [0.15, 0.2) is 11.6 Å². The molecule has 0 spiro atoms. The molecule has 1 N–H and O–H groups in total. The zero-order chi connectivity index (χ0) is 25.6. The van der Waals surface area contributed by atoms with E-state index >= 15 is 0 Å². The van der Waals surface area contributed by atoms with E-state index in [1.807, 2.05) is 42.5 Å². The maximum atomic E-state index is 14.9. The van der Waals surface area contributed by atoms with Gasteiger partial charge >= 0.3 is 0 Å². The zero-order valence-electron chi connectivity index (χ0n) is 21.4. The van der Waals surface area contributed by atoms with E-state index in [-0.39, 0.29) is 11.6 Å². The summed E-state index contributed by atoms with van der Waals surface area (Å²) in [5.41, 5.74) is 3.49. The van der Waals surface area contributed by atoms with Gasteiger partial charge in [0.25, 0.3) is 0 Å². The molecule has 1 aliphatic rings. The largest absolute Gasteiger partial charge is 0.497 e. The summed E-state index contributed by atoms with van der Waals surface area (Å²) in [6.45, 7) is 3.51. The van der Waals surface area contributed by atoms with Crippen molar-refractivity contribution in [1.29, 1.82) is 0 Å². The lowest BCUT2D eigenvalue weighted by atomic mass is 9.99. The molecule has 5 nitrogen and oxygen atoms in total. The first-order valence-corrected chi connectivity index (χ1v) is 12.8. The van der Waals surface area contributed by atoms with E-state index in [0.717, 1.165) is 58.7 Å². The van der Waals surface area contributed by atoms with Crippen LogP contribution in [0.5, 0.6) is 17.2 Å². The summed E-state index contributed by atoms with van der Waals surface area (Å²) >= 11 is 0. The van der Waals surface area contributed by atoms with Crippen LogP contribution in [0, 0.1) is 5.82 Å². The average molecular weight is 501 g/mol. The highest BCUT2D eigenvalue weighted by molar-refractivity contribution is 5.91. The Bertz CT molecular complexity index is 1370. The second-order valence-corrected chi connectivity index (χ2v) is 9.36. The molecule has 0 aliphatic carbocycles. The summed E-state index contributed by atoms with van der Waals surface area (Å²) in [6.07, 6.45) is 3.76. The summed E-state index contributed by atoms with van der Waals surface area (Å²) in [6, 6.07) is 23.2. The van der Waals surface area contributed by atoms with Gasteiger partial charge in [0, 0.05) is 29.9 Å². The minimum atomic E-state index is -0.382. The molecular weight excluding hydrogens is 467 g/mol. The molecule has 1 aliphatic heterocycles. The molecule has 192 valence electrons. The van der Waals surface area contributed by atoms with Crippen LogP contribution in [0.1, 0.15) is 19.3 Å². The van der Waals surface area contributed by atoms with E-state index in [9.17, 15) is 4.39 Å². The van der Waals surface area contributed by atoms with Crippen molar-refractivity contribution in [2.45, 2.75) is 19.3 Å². The number of hydrogen-bond acceptors (Lipinski definition) is 5. The Hall–Kier alpha value is -3.77. The number of benzene rings is 4. The van der Waals surface area contributed by atoms with Crippen LogP contribution in [-0.4, -0.2) is 45.4 Å². The molecule has 37 heavy (non-hydrogen) atoms. The minimum absolute atomic E-state index is 0.276. The number of methoxy groups -OCH3 is 2. The van der Waals surface area contributed by atoms with Gasteiger partial charge in [-0.1, -0.05) is 24.6 Å². The fourth-order valence-electron chi connectivity index (χ4n) is 4.84. The highest BCUT2D eigenvalue weighted by Gasteiger charge is 2.13. The van der Waals surface area contributed by atoms with Gasteiger partial charge < -0.3 is 19.5 Å². The number of ether oxygens (including phenoxy) is 3. The Morgan fingerprint density at radius 1 is 0.784 bits per heavy atom. The number of hydrogen-bond donors (Lipinski definition) is 1. The van der Waals surface area contributed by atoms with Crippen LogP contribution >= 0.6 is 0 Å². The Morgan fingerprint density at radius 3 is 2.30 bits per heavy atom. The van der Waals surface area contributed by atoms with Gasteiger partial charge in [-0.3, -0.25) is 4.90 Å². The number of nitrogens with one attached hydrogen (secondary N) is 1. The molecule has 1 fully saturated rings. The molecular formula is C31H33FN2O3. The van der Waals surface area contributed by atoms with Crippen molar-refractivity contribution >= 4 is 22.1 Å². The summed E-state index contributed by atoms with van der Waals surface area (Å²) in [5, 5.41) is 5.59. The Kier molecular flexibility index (Phi) is 7.76. The Morgan fingerprint density at radius 2 is 1.51 bits per heavy atom. The molecule has 1 heterocycles. The van der Waals surface area contributed by atoms with Crippen LogP contribution in [0.3, 0.4) is 0 Å². The second-order valence-electron chi connectivity index (χ2n) is 9.36. The quantitative estimate of drug-likeness (QED) is 0.262. The van der Waals surface area contributed by atoms with E-state index in [4.69, 9.17) is 14.2 Å². The van der Waals surface area contributed by atoms with Gasteiger partial charge in [-0.2, -0.15) is 0 Å². The van der Waals surface area contributed by atoms with E-state index in [0.29, 0.717) is 12.3 Å². The van der Waals surface area contributed by atoms with Crippen molar-refractivity contribution in [2.24, 2.45) is 0 Å². The van der Waals surface area contributed by atoms with Gasteiger partial charge in [-0.05, 0) is 84.7 Å². The first kappa shape index (κ1) is 24.9. The maximum Gasteiger partial charge on any atom is 0.167 e. The van der Waals surface area contributed by atoms with Crippen LogP contribution in [0.25, 0.3) is 21.9 Å². The number of halogens is 1. The molecule has 1 saturated heterocycles. The van der Waals surface area contributed by atoms with Gasteiger partial charge in [0.05, 0.1) is 19.9 Å². The van der Waals surface area contributed by atoms with Crippen LogP contribution in [-0.2, 0) is 0 Å². The molecule has 0 saturated carbocycles. The molecule has 5 rings (SSSR count). The summed E-state index contributed by atoms with van der Waals surface area (Å²) in [4.78, 5) is 2.38. The molecule has 0 aromatic heterocycles. The van der Waals surface area contributed by atoms with E-state index in [2.05, 4.69) is 28.4 Å². The summed E-state index contributed by atoms with van der Waals surface area (Å²) in [5.74, 6) is 1.44. The lowest BCUT2D eigenvalue weighted by molar-refractivity contribution is 0.180. The predicted octanol–water partition coefficient (Wildman–Crippen LogP) is 7.27. The van der Waals surface area contributed by atoms with E-state index in [1.54, 1.807) is 20.3 Å². The van der Waals surface area contributed by atoms with Crippen molar-refractivity contribution in [3.05, 3.63) is 78.6 Å². The Balaban J connectivity index is 1.35. The SMILES string of the molecule is COc1ccc(-c2ccc3cc(OC)ccc3c2)c(Nc2ccc(OCCN3CCCCC3)c(F)c2)c1. The van der Waals surface area contributed by atoms with Gasteiger partial charge in [0.1, 0.15) is 18.1 Å². The highest BCUT2D eigenvalue weighted by Crippen LogP contribution is 2.36. The van der Waals surface area contributed by atoms with Crippen LogP contribution in [0.2, 0.25) is 0 Å². The van der Waals surface area contributed by atoms with Gasteiger partial charge in [0.2, 0.25) is 0 Å². The number of likely N-dealkylation sites (tertiary alicyclic amines) is 1. The summed E-state index contributed by atoms with van der Waals surface area (Å²) in [7, 11) is 3.31. The van der Waals surface area contributed by atoms with Crippen molar-refractivity contribution < 1.29 is 18.6 Å². The van der Waals surface area contributed by atoms with Crippen molar-refractivity contribution in [2.75, 3.05) is 45.8 Å². The minimum Gasteiger partial charge on any atom is -0.497 e. The van der Waals surface area contributed by atoms with Crippen LogP contribution in [0.4, 0.5) is 15.8 Å². The number of rotatable bonds is 9. The lowest BCUT2D eigenvalue weighted by Crippen LogP contribution is -2.33. The first-order valence-electron chi connectivity index (χ1n) is 12.8. The maximum absolute atomic E-state index is 14.9. The lowest BCUT2D eigenvalue weighted by Gasteiger charge is -2.26. The molecule has 4 aromatic rings. The zero-order valence-corrected chi connectivity index (χ0v) is 21.4. The number of piperidine rings is 1. The van der Waals surface area contributed by atoms with Gasteiger partial charge in [-0.25, -0.2) is 4.39 Å². The van der Waals surface area contributed by atoms with Crippen LogP contribution < -0.4 is 19.5 Å². The normalized spacial score (nSPS) is 13.9. The molecule has 0 atom stereocenters. The van der Waals surface area contributed by atoms with Crippen LogP contribution in [0.15, 0.2) is 72.8 Å². The second kappa shape index (κ2) is 11.5. The fraction of sp³-hybridized carbons (Fsp3) is 0.290. The molecule has 0 radical (unpaired) electrons. The number of anilines is 2. The number of fused-ring (bicyclic) bond motifs is 1. The third kappa shape index (κ3) is 5.97. The molecule has 0 unspecified atom stereocenters. The summed E-state index contributed by atoms with van der Waals surface area (Å²) < 4.78 is 31.5. The molecule has 0 bridgehead atoms. The predicted molar refractivity (Wildman–Crippen MR) is 148 cm³/mol. The van der Waals surface area contributed by atoms with Crippen molar-refractivity contribution in [3.63, 3.8) is 0 Å². The first-order chi connectivity index (χ1) is 18.1. The fourth-order valence-corrected chi connectivity index (χ4v) is 4.84. The molecule has 0 amide bonds. The third-order valence-electron chi connectivity index (χ3n) is 6.91. The van der Waals surface area contributed by atoms with Crippen molar-refractivity contribution in [3.8, 4) is 28.4 Å². The number of nitrogens with zero attached hydrogens (tertiary/aromatic N) is 1. The monoisotopic (exact) mass is 500 g/mol. The highest BCUT2D eigenvalue weighted by atomic mass is 19.1. The smallest absolute Gasteiger partial charge is 0.167 e. The molecule has 6 heteroatoms. The molecule has 4 aromatic carbocycles. The standard InChI is InChI=1S/C31H33FN2O3/c1-35-26-10-8-22-18-24(7-6-23(22)19-26)28-12-11-27(36-2)21-30(28)33-25-9-13-31(29(32)20-25)37-17-16-34-14-4-3-5-15-34/h6-13,18-21,33H,3-5,14-17H2,1-2H3. The van der Waals surface area contributed by atoms with Gasteiger partial charge in [-0.15, -0.1) is 0 Å². The van der Waals surface area contributed by atoms with E-state index in [1.165, 1.54) is 25.3 Å². The third-order valence-corrected chi connectivity index (χ3v) is 6.91. The van der Waals surface area contributed by atoms with E-state index < -0.39 is 0 Å². The average Bonchev–Trinajstić information content (AvgIpc) is 2.94.